The Balaban J connectivity index is 0.00000256. The third-order valence-corrected chi connectivity index (χ3v) is 2.56. The van der Waals surface area contributed by atoms with Crippen LogP contribution in [-0.4, -0.2) is 18.3 Å². The van der Waals surface area contributed by atoms with Gasteiger partial charge in [-0.15, -0.1) is 0 Å². The van der Waals surface area contributed by atoms with E-state index in [4.69, 9.17) is 5.14 Å². The van der Waals surface area contributed by atoms with Gasteiger partial charge in [0.05, 0.1) is 15.9 Å². The Morgan fingerprint density at radius 1 is 1.12 bits per heavy atom. The molecule has 0 aromatic heterocycles. The molecule has 17 heavy (non-hydrogen) atoms. The van der Waals surface area contributed by atoms with E-state index in [9.17, 15) is 28.6 Å². The van der Waals surface area contributed by atoms with Crippen molar-refractivity contribution in [2.24, 2.45) is 0 Å². The van der Waals surface area contributed by atoms with Crippen molar-refractivity contribution in [3.63, 3.8) is 0 Å². The van der Waals surface area contributed by atoms with Gasteiger partial charge in [-0.1, -0.05) is 0 Å². The van der Waals surface area contributed by atoms with Gasteiger partial charge in [0.15, 0.2) is 0 Å². The summed E-state index contributed by atoms with van der Waals surface area (Å²) in [5.74, 6) is 0. The number of nitro groups is 2. The van der Waals surface area contributed by atoms with Crippen molar-refractivity contribution in [3.8, 4) is 0 Å². The molecule has 1 radical (unpaired) electrons. The Morgan fingerprint density at radius 3 is 2.00 bits per heavy atom. The monoisotopic (exact) mass is 335 g/mol. The van der Waals surface area contributed by atoms with Gasteiger partial charge in [0.1, 0.15) is 14.9 Å². The summed E-state index contributed by atoms with van der Waals surface area (Å²) in [4.78, 5) is 17.9. The molecule has 0 heterocycles. The van der Waals surface area contributed by atoms with Gasteiger partial charge in [-0.25, -0.2) is 8.42 Å². The van der Waals surface area contributed by atoms with Gasteiger partial charge in [-0.05, 0) is 6.07 Å². The van der Waals surface area contributed by atoms with Crippen molar-refractivity contribution in [3.05, 3.63) is 43.6 Å². The number of rotatable bonds is 3. The van der Waals surface area contributed by atoms with E-state index in [1.807, 2.05) is 0 Å². The van der Waals surface area contributed by atoms with Gasteiger partial charge in [0, 0.05) is 38.8 Å². The Morgan fingerprint density at radius 2 is 1.65 bits per heavy atom. The molecule has 0 saturated heterocycles. The Kier molecular flexibility index (Phi) is 5.26. The van der Waals surface area contributed by atoms with Crippen LogP contribution in [0.4, 0.5) is 11.4 Å². The molecule has 1 aromatic rings. The molecule has 89 valence electrons. The van der Waals surface area contributed by atoms with Gasteiger partial charge in [-0.3, -0.25) is 20.2 Å². The minimum atomic E-state index is -4.54. The maximum atomic E-state index is 10.8. The SMILES string of the molecule is [NH-]S(=O)(=O)c1ccc([N+](=O)[O-])cc1[N+](=O)[O-].[Y]. The normalized spacial score (nSPS) is 10.4. The summed E-state index contributed by atoms with van der Waals surface area (Å²) in [6.45, 7) is 0. The van der Waals surface area contributed by atoms with Crippen molar-refractivity contribution in [1.82, 2.24) is 0 Å². The predicted molar refractivity (Wildman–Crippen MR) is 51.3 cm³/mol. The second kappa shape index (κ2) is 5.58. The first kappa shape index (κ1) is 16.0. The van der Waals surface area contributed by atoms with Crippen LogP contribution in [0.5, 0.6) is 0 Å². The number of benzene rings is 1. The molecule has 0 aliphatic carbocycles. The molecule has 0 unspecified atom stereocenters. The minimum Gasteiger partial charge on any atom is -0.560 e. The molecule has 0 amide bonds. The number of nitrogens with zero attached hydrogens (tertiary/aromatic N) is 2. The van der Waals surface area contributed by atoms with E-state index in [2.05, 4.69) is 0 Å². The maximum absolute atomic E-state index is 10.8. The largest absolute Gasteiger partial charge is 0.560 e. The Bertz CT molecular complexity index is 571. The number of hydrogen-bond acceptors (Lipinski definition) is 6. The van der Waals surface area contributed by atoms with Gasteiger partial charge >= 0.3 is 0 Å². The van der Waals surface area contributed by atoms with Crippen LogP contribution in [-0.2, 0) is 42.7 Å². The van der Waals surface area contributed by atoms with E-state index in [0.717, 1.165) is 6.07 Å². The molecule has 1 rings (SSSR count). The molecule has 0 atom stereocenters. The van der Waals surface area contributed by atoms with Crippen LogP contribution >= 0.6 is 0 Å². The van der Waals surface area contributed by atoms with Crippen LogP contribution in [0.3, 0.4) is 0 Å². The molecule has 0 bridgehead atoms. The molecule has 1 N–H and O–H groups in total. The van der Waals surface area contributed by atoms with E-state index >= 15 is 0 Å². The number of nitro benzene ring substituents is 2. The fourth-order valence-corrected chi connectivity index (χ4v) is 1.65. The molecule has 0 fully saturated rings. The summed E-state index contributed by atoms with van der Waals surface area (Å²) in [6, 6.07) is 1.95. The van der Waals surface area contributed by atoms with Crippen molar-refractivity contribution in [2.45, 2.75) is 4.90 Å². The van der Waals surface area contributed by atoms with E-state index in [1.54, 1.807) is 0 Å². The third-order valence-electron chi connectivity index (χ3n) is 1.64. The predicted octanol–water partition coefficient (Wildman–Crippen LogP) is 1.24. The van der Waals surface area contributed by atoms with E-state index in [0.29, 0.717) is 12.1 Å². The van der Waals surface area contributed by atoms with Crippen molar-refractivity contribution in [1.29, 1.82) is 0 Å². The van der Waals surface area contributed by atoms with Crippen LogP contribution in [0.25, 0.3) is 5.14 Å². The fourth-order valence-electron chi connectivity index (χ4n) is 0.989. The average Bonchev–Trinajstić information content (AvgIpc) is 2.15. The van der Waals surface area contributed by atoms with Gasteiger partial charge in [-0.2, -0.15) is 0 Å². The molecule has 9 nitrogen and oxygen atoms in total. The van der Waals surface area contributed by atoms with E-state index < -0.39 is 36.1 Å². The summed E-state index contributed by atoms with van der Waals surface area (Å²) in [5.41, 5.74) is -1.59. The maximum Gasteiger partial charge on any atom is 0.293 e. The number of hydrogen-bond donors (Lipinski definition) is 0. The summed E-state index contributed by atoms with van der Waals surface area (Å²) in [5, 5.41) is 27.5. The zero-order valence-electron chi connectivity index (χ0n) is 8.06. The third kappa shape index (κ3) is 3.77. The molecular weight excluding hydrogens is 331 g/mol. The number of non-ortho nitro benzene ring substituents is 1. The van der Waals surface area contributed by atoms with Crippen LogP contribution in [0.15, 0.2) is 23.1 Å². The summed E-state index contributed by atoms with van der Waals surface area (Å²) < 4.78 is 21.7. The fraction of sp³-hybridized carbons (Fsp3) is 0. The van der Waals surface area contributed by atoms with Crippen LogP contribution in [0, 0.1) is 20.2 Å². The first-order valence-electron chi connectivity index (χ1n) is 3.66. The number of sulfonamides is 1. The van der Waals surface area contributed by atoms with Gasteiger partial charge < -0.3 is 5.14 Å². The molecule has 11 heteroatoms. The second-order valence-electron chi connectivity index (χ2n) is 2.67. The summed E-state index contributed by atoms with van der Waals surface area (Å²) in [6.07, 6.45) is 0. The average molecular weight is 335 g/mol. The zero-order chi connectivity index (χ0) is 12.5. The Hall–Kier alpha value is -0.966. The second-order valence-corrected chi connectivity index (χ2v) is 4.12. The molecule has 0 saturated carbocycles. The van der Waals surface area contributed by atoms with E-state index in [1.165, 1.54) is 0 Å². The zero-order valence-corrected chi connectivity index (χ0v) is 11.7. The molecule has 1 aromatic carbocycles. The standard InChI is InChI=1S/C6H4N3O6S.Y/c7-16(14,15)6-2-1-4(8(10)11)3-5(6)9(12)13;/h1-3H,(H-,7,14,15);/q-1;. The van der Waals surface area contributed by atoms with Crippen LogP contribution < -0.4 is 0 Å². The Labute approximate surface area is 120 Å². The van der Waals surface area contributed by atoms with E-state index in [-0.39, 0.29) is 32.7 Å². The topological polar surface area (TPSA) is 144 Å². The minimum absolute atomic E-state index is 0. The molecule has 0 spiro atoms. The summed E-state index contributed by atoms with van der Waals surface area (Å²) >= 11 is 0. The van der Waals surface area contributed by atoms with Crippen molar-refractivity contribution in [2.75, 3.05) is 0 Å². The first-order chi connectivity index (χ1) is 7.23. The molecule has 0 aliphatic heterocycles. The van der Waals surface area contributed by atoms with Crippen LogP contribution in [0.2, 0.25) is 0 Å². The smallest absolute Gasteiger partial charge is 0.293 e. The van der Waals surface area contributed by atoms with Gasteiger partial charge in [0.25, 0.3) is 11.4 Å². The van der Waals surface area contributed by atoms with Gasteiger partial charge in [0.2, 0.25) is 0 Å². The van der Waals surface area contributed by atoms with Crippen LogP contribution in [0.1, 0.15) is 0 Å². The first-order valence-corrected chi connectivity index (χ1v) is 5.14. The summed E-state index contributed by atoms with van der Waals surface area (Å²) in [7, 11) is -4.54. The van der Waals surface area contributed by atoms with Crippen molar-refractivity contribution >= 4 is 21.4 Å². The quantitative estimate of drug-likeness (QED) is 0.600. The van der Waals surface area contributed by atoms with Crippen molar-refractivity contribution < 1.29 is 51.0 Å². The molecular formula is C6H4N3O6SY-. The molecule has 0 aliphatic rings. The number of nitrogens with one attached hydrogen (secondary N) is 1.